The molecule has 1 N–H and O–H groups in total. The Bertz CT molecular complexity index is 1030. The normalized spacial score (nSPS) is 11.2. The highest BCUT2D eigenvalue weighted by atomic mass is 32.2. The maximum atomic E-state index is 13.3. The summed E-state index contributed by atoms with van der Waals surface area (Å²) in [5, 5.41) is 2.62. The second-order valence-electron chi connectivity index (χ2n) is 6.16. The van der Waals surface area contributed by atoms with Gasteiger partial charge in [0.1, 0.15) is 18.1 Å². The number of nitrogens with one attached hydrogen (secondary N) is 1. The second-order valence-corrected chi connectivity index (χ2v) is 8.02. The van der Waals surface area contributed by atoms with E-state index in [0.29, 0.717) is 5.76 Å². The van der Waals surface area contributed by atoms with Crippen molar-refractivity contribution in [3.05, 3.63) is 84.1 Å². The third kappa shape index (κ3) is 4.58. The quantitative estimate of drug-likeness (QED) is 0.658. The molecule has 0 saturated heterocycles. The van der Waals surface area contributed by atoms with Gasteiger partial charge in [-0.3, -0.25) is 9.10 Å². The van der Waals surface area contributed by atoms with Crippen molar-refractivity contribution in [2.45, 2.75) is 18.4 Å². The monoisotopic (exact) mass is 402 g/mol. The number of carbonyl (C=O) groups excluding carboxylic acids is 1. The summed E-state index contributed by atoms with van der Waals surface area (Å²) in [5.74, 6) is -0.474. The number of benzene rings is 2. The zero-order valence-electron chi connectivity index (χ0n) is 15.1. The molecular formula is C20H19FN2O4S. The molecule has 3 rings (SSSR count). The van der Waals surface area contributed by atoms with Crippen LogP contribution in [0.5, 0.6) is 0 Å². The van der Waals surface area contributed by atoms with Crippen molar-refractivity contribution < 1.29 is 22.0 Å². The predicted octanol–water partition coefficient (Wildman–Crippen LogP) is 3.24. The number of hydrogen-bond donors (Lipinski definition) is 1. The van der Waals surface area contributed by atoms with Gasteiger partial charge in [0.25, 0.3) is 10.0 Å². The van der Waals surface area contributed by atoms with E-state index in [4.69, 9.17) is 4.42 Å². The van der Waals surface area contributed by atoms with Gasteiger partial charge in [0, 0.05) is 0 Å². The van der Waals surface area contributed by atoms with E-state index in [0.717, 1.165) is 22.0 Å². The van der Waals surface area contributed by atoms with Crippen molar-refractivity contribution in [1.29, 1.82) is 0 Å². The zero-order valence-corrected chi connectivity index (χ0v) is 15.9. The molecule has 28 heavy (non-hydrogen) atoms. The first-order valence-corrected chi connectivity index (χ1v) is 9.94. The van der Waals surface area contributed by atoms with Gasteiger partial charge in [-0.25, -0.2) is 12.8 Å². The van der Waals surface area contributed by atoms with E-state index in [2.05, 4.69) is 5.32 Å². The molecule has 0 atom stereocenters. The molecule has 1 aromatic heterocycles. The minimum absolute atomic E-state index is 0.0428. The third-order valence-corrected chi connectivity index (χ3v) is 5.84. The summed E-state index contributed by atoms with van der Waals surface area (Å²) in [7, 11) is -4.02. The predicted molar refractivity (Wildman–Crippen MR) is 103 cm³/mol. The van der Waals surface area contributed by atoms with Crippen molar-refractivity contribution in [3.8, 4) is 0 Å². The van der Waals surface area contributed by atoms with Gasteiger partial charge in [0.2, 0.25) is 5.91 Å². The van der Waals surface area contributed by atoms with Crippen LogP contribution in [0, 0.1) is 12.7 Å². The molecular weight excluding hydrogens is 383 g/mol. The first kappa shape index (κ1) is 19.6. The summed E-state index contributed by atoms with van der Waals surface area (Å²) >= 11 is 0. The molecule has 6 nitrogen and oxygen atoms in total. The number of nitrogens with zero attached hydrogens (tertiary/aromatic N) is 1. The van der Waals surface area contributed by atoms with Crippen LogP contribution in [-0.4, -0.2) is 20.9 Å². The van der Waals surface area contributed by atoms with Gasteiger partial charge in [-0.1, -0.05) is 17.7 Å². The van der Waals surface area contributed by atoms with E-state index >= 15 is 0 Å². The lowest BCUT2D eigenvalue weighted by atomic mass is 10.2. The minimum Gasteiger partial charge on any atom is -0.467 e. The van der Waals surface area contributed by atoms with E-state index in [1.165, 1.54) is 30.5 Å². The number of carbonyl (C=O) groups is 1. The molecule has 8 heteroatoms. The number of furan rings is 1. The average Bonchev–Trinajstić information content (AvgIpc) is 3.19. The lowest BCUT2D eigenvalue weighted by Crippen LogP contribution is -2.40. The van der Waals surface area contributed by atoms with Gasteiger partial charge < -0.3 is 9.73 Å². The highest BCUT2D eigenvalue weighted by Crippen LogP contribution is 2.24. The molecule has 0 aliphatic rings. The van der Waals surface area contributed by atoms with E-state index in [1.54, 1.807) is 24.3 Å². The molecule has 0 saturated carbocycles. The topological polar surface area (TPSA) is 79.6 Å². The fourth-order valence-electron chi connectivity index (χ4n) is 2.55. The first-order chi connectivity index (χ1) is 13.4. The van der Waals surface area contributed by atoms with Gasteiger partial charge in [-0.2, -0.15) is 0 Å². The number of amides is 1. The van der Waals surface area contributed by atoms with Crippen molar-refractivity contribution in [1.82, 2.24) is 5.32 Å². The lowest BCUT2D eigenvalue weighted by Gasteiger charge is -2.24. The van der Waals surface area contributed by atoms with Crippen LogP contribution in [0.4, 0.5) is 10.1 Å². The molecule has 0 bridgehead atoms. The van der Waals surface area contributed by atoms with Crippen LogP contribution in [0.25, 0.3) is 0 Å². The molecule has 0 aliphatic heterocycles. The van der Waals surface area contributed by atoms with Crippen molar-refractivity contribution in [2.24, 2.45) is 0 Å². The van der Waals surface area contributed by atoms with Gasteiger partial charge in [-0.05, 0) is 55.5 Å². The summed E-state index contributed by atoms with van der Waals surface area (Å²) in [6.07, 6.45) is 1.48. The largest absolute Gasteiger partial charge is 0.467 e. The molecule has 0 spiro atoms. The smallest absolute Gasteiger partial charge is 0.264 e. The van der Waals surface area contributed by atoms with Crippen LogP contribution in [0.15, 0.2) is 76.2 Å². The number of halogens is 1. The summed E-state index contributed by atoms with van der Waals surface area (Å²) in [4.78, 5) is 12.4. The Morgan fingerprint density at radius 1 is 1.07 bits per heavy atom. The van der Waals surface area contributed by atoms with Crippen LogP contribution in [0.3, 0.4) is 0 Å². The molecule has 3 aromatic rings. The Morgan fingerprint density at radius 2 is 1.75 bits per heavy atom. The Kier molecular flexibility index (Phi) is 5.79. The first-order valence-electron chi connectivity index (χ1n) is 8.50. The van der Waals surface area contributed by atoms with Crippen molar-refractivity contribution in [2.75, 3.05) is 10.8 Å². The van der Waals surface area contributed by atoms with E-state index in [-0.39, 0.29) is 17.1 Å². The van der Waals surface area contributed by atoms with Gasteiger partial charge >= 0.3 is 0 Å². The molecule has 1 heterocycles. The zero-order chi connectivity index (χ0) is 20.1. The molecule has 0 radical (unpaired) electrons. The number of sulfonamides is 1. The third-order valence-electron chi connectivity index (χ3n) is 4.05. The number of rotatable bonds is 7. The Labute approximate surface area is 162 Å². The van der Waals surface area contributed by atoms with Crippen LogP contribution >= 0.6 is 0 Å². The maximum Gasteiger partial charge on any atom is 0.264 e. The molecule has 146 valence electrons. The fraction of sp³-hybridized carbons (Fsp3) is 0.150. The minimum atomic E-state index is -4.02. The molecule has 0 aliphatic carbocycles. The number of anilines is 1. The van der Waals surface area contributed by atoms with Crippen LogP contribution in [0.2, 0.25) is 0 Å². The molecule has 2 aromatic carbocycles. The standard InChI is InChI=1S/C20H19FN2O4S/c1-15-4-10-19(11-5-15)28(25,26)23(17-8-6-16(21)7-9-17)14-20(24)22-13-18-3-2-12-27-18/h2-12H,13-14H2,1H3,(H,22,24). The molecule has 0 fully saturated rings. The highest BCUT2D eigenvalue weighted by Gasteiger charge is 2.27. The van der Waals surface area contributed by atoms with E-state index in [9.17, 15) is 17.6 Å². The Balaban J connectivity index is 1.87. The van der Waals surface area contributed by atoms with Crippen LogP contribution in [0.1, 0.15) is 11.3 Å². The average molecular weight is 402 g/mol. The SMILES string of the molecule is Cc1ccc(S(=O)(=O)N(CC(=O)NCc2ccco2)c2ccc(F)cc2)cc1. The summed E-state index contributed by atoms with van der Waals surface area (Å²) in [6.45, 7) is 1.52. The van der Waals surface area contributed by atoms with Gasteiger partial charge in [0.05, 0.1) is 23.4 Å². The molecule has 0 unspecified atom stereocenters. The molecule has 1 amide bonds. The van der Waals surface area contributed by atoms with Crippen LogP contribution < -0.4 is 9.62 Å². The second kappa shape index (κ2) is 8.26. The Morgan fingerprint density at radius 3 is 2.36 bits per heavy atom. The van der Waals surface area contributed by atoms with E-state index < -0.39 is 28.3 Å². The van der Waals surface area contributed by atoms with Crippen LogP contribution in [-0.2, 0) is 21.4 Å². The lowest BCUT2D eigenvalue weighted by molar-refractivity contribution is -0.119. The maximum absolute atomic E-state index is 13.3. The van der Waals surface area contributed by atoms with Gasteiger partial charge in [-0.15, -0.1) is 0 Å². The Hall–Kier alpha value is -3.13. The summed E-state index contributed by atoms with van der Waals surface area (Å²) in [5.41, 5.74) is 1.10. The fourth-order valence-corrected chi connectivity index (χ4v) is 3.97. The van der Waals surface area contributed by atoms with Crippen molar-refractivity contribution in [3.63, 3.8) is 0 Å². The summed E-state index contributed by atoms with van der Waals surface area (Å²) < 4.78 is 45.7. The summed E-state index contributed by atoms with van der Waals surface area (Å²) in [6, 6.07) is 14.6. The van der Waals surface area contributed by atoms with E-state index in [1.807, 2.05) is 6.92 Å². The van der Waals surface area contributed by atoms with Crippen molar-refractivity contribution >= 4 is 21.6 Å². The highest BCUT2D eigenvalue weighted by molar-refractivity contribution is 7.92. The number of aryl methyl sites for hydroxylation is 1. The van der Waals surface area contributed by atoms with Gasteiger partial charge in [0.15, 0.2) is 0 Å². The number of hydrogen-bond acceptors (Lipinski definition) is 4.